The number of nitrogens with zero attached hydrogens (tertiary/aromatic N) is 1. The van der Waals surface area contributed by atoms with Crippen LogP contribution < -0.4 is 20.5 Å². The molecule has 0 aliphatic heterocycles. The minimum atomic E-state index is -2.48. The van der Waals surface area contributed by atoms with Crippen LogP contribution in [0.3, 0.4) is 0 Å². The van der Waals surface area contributed by atoms with Crippen molar-refractivity contribution in [1.82, 2.24) is 0 Å². The number of rotatable bonds is 9. The summed E-state index contributed by atoms with van der Waals surface area (Å²) in [5, 5.41) is 6.56. The molecule has 1 nitrogen and oxygen atoms in total. The highest BCUT2D eigenvalue weighted by Crippen LogP contribution is 2.41. The maximum atomic E-state index is 2.51. The molecule has 0 unspecified atom stereocenters. The van der Waals surface area contributed by atoms with Gasteiger partial charge in [-0.25, -0.2) is 0 Å². The predicted octanol–water partition coefficient (Wildman–Crippen LogP) is 10.7. The third-order valence-corrected chi connectivity index (χ3v) is 14.0. The molecule has 0 spiro atoms. The topological polar surface area (TPSA) is 3.24 Å². The number of anilines is 3. The van der Waals surface area contributed by atoms with Gasteiger partial charge in [-0.05, 0) is 68.0 Å². The highest BCUT2D eigenvalue weighted by atomic mass is 28.3. The molecule has 0 heterocycles. The first-order valence-corrected chi connectivity index (χ1v) is 19.3. The second kappa shape index (κ2) is 14.1. The van der Waals surface area contributed by atoms with E-state index in [4.69, 9.17) is 0 Å². The summed E-state index contributed by atoms with van der Waals surface area (Å²) in [6, 6.07) is 76.7. The van der Waals surface area contributed by atoms with Gasteiger partial charge in [0.15, 0.2) is 8.07 Å². The Labute approximate surface area is 296 Å². The van der Waals surface area contributed by atoms with Gasteiger partial charge in [-0.1, -0.05) is 194 Å². The first-order valence-electron chi connectivity index (χ1n) is 17.2. The molecular formula is C48H37NSi. The van der Waals surface area contributed by atoms with Crippen molar-refractivity contribution < 1.29 is 0 Å². The Morgan fingerprint density at radius 3 is 1.26 bits per heavy atom. The first-order chi connectivity index (χ1) is 24.8. The van der Waals surface area contributed by atoms with Crippen molar-refractivity contribution in [3.05, 3.63) is 224 Å². The zero-order valence-electron chi connectivity index (χ0n) is 27.8. The lowest BCUT2D eigenvalue weighted by Crippen LogP contribution is -2.66. The Kier molecular flexibility index (Phi) is 8.76. The van der Waals surface area contributed by atoms with Crippen molar-refractivity contribution in [3.8, 4) is 11.1 Å². The first kappa shape index (κ1) is 31.1. The average Bonchev–Trinajstić information content (AvgIpc) is 3.21. The highest BCUT2D eigenvalue weighted by Gasteiger charge is 2.36. The van der Waals surface area contributed by atoms with Crippen LogP contribution in [-0.4, -0.2) is 8.07 Å². The smallest absolute Gasteiger partial charge is 0.172 e. The van der Waals surface area contributed by atoms with Gasteiger partial charge in [-0.15, -0.1) is 0 Å². The van der Waals surface area contributed by atoms with Gasteiger partial charge in [-0.2, -0.15) is 0 Å². The van der Waals surface area contributed by atoms with Crippen molar-refractivity contribution in [3.63, 3.8) is 0 Å². The van der Waals surface area contributed by atoms with Crippen LogP contribution in [0.4, 0.5) is 17.1 Å². The molecule has 0 bridgehead atoms. The van der Waals surface area contributed by atoms with Crippen molar-refractivity contribution in [2.75, 3.05) is 4.90 Å². The molecule has 0 saturated carbocycles. The second-order valence-electron chi connectivity index (χ2n) is 12.5. The number of hydrogen-bond acceptors (Lipinski definition) is 1. The summed E-state index contributed by atoms with van der Waals surface area (Å²) in [7, 11) is -2.48. The second-order valence-corrected chi connectivity index (χ2v) is 16.2. The van der Waals surface area contributed by atoms with E-state index in [1.54, 1.807) is 0 Å². The van der Waals surface area contributed by atoms with Gasteiger partial charge in [0.2, 0.25) is 0 Å². The molecule has 8 aromatic rings. The maximum absolute atomic E-state index is 2.51. The summed E-state index contributed by atoms with van der Waals surface area (Å²) in [4.78, 5) is 2.35. The van der Waals surface area contributed by atoms with Gasteiger partial charge < -0.3 is 4.90 Å². The molecule has 2 heteroatoms. The highest BCUT2D eigenvalue weighted by molar-refractivity contribution is 7.15. The van der Waals surface area contributed by atoms with Crippen LogP contribution in [0, 0.1) is 0 Å². The van der Waals surface area contributed by atoms with E-state index < -0.39 is 8.07 Å². The van der Waals surface area contributed by atoms with E-state index in [-0.39, 0.29) is 0 Å². The molecule has 0 fully saturated rings. The molecule has 0 atom stereocenters. The minimum absolute atomic E-state index is 1.13. The van der Waals surface area contributed by atoms with Crippen LogP contribution in [0.25, 0.3) is 28.0 Å². The molecule has 0 radical (unpaired) electrons. The molecule has 238 valence electrons. The lowest BCUT2D eigenvalue weighted by Gasteiger charge is -2.30. The summed E-state index contributed by atoms with van der Waals surface area (Å²) in [6.07, 6.45) is 2.34. The van der Waals surface area contributed by atoms with Gasteiger partial charge in [0.05, 0.1) is 5.69 Å². The zero-order valence-corrected chi connectivity index (χ0v) is 28.8. The summed E-state index contributed by atoms with van der Waals surface area (Å²) in [6.45, 7) is 0. The Balaban J connectivity index is 1.20. The van der Waals surface area contributed by atoms with Gasteiger partial charge in [0.25, 0.3) is 0 Å². The van der Waals surface area contributed by atoms with Crippen molar-refractivity contribution >= 4 is 57.5 Å². The molecule has 0 aliphatic rings. The Morgan fingerprint density at radius 1 is 0.360 bits per heavy atom. The summed E-state index contributed by atoms with van der Waals surface area (Å²) < 4.78 is 0. The van der Waals surface area contributed by atoms with Crippen molar-refractivity contribution in [2.24, 2.45) is 0 Å². The minimum Gasteiger partial charge on any atom is -0.310 e. The number of hydrogen-bond donors (Lipinski definition) is 0. The Bertz CT molecular complexity index is 2200. The van der Waals surface area contributed by atoms with E-state index >= 15 is 0 Å². The van der Waals surface area contributed by atoms with E-state index in [2.05, 4.69) is 229 Å². The van der Waals surface area contributed by atoms with Gasteiger partial charge in [-0.3, -0.25) is 0 Å². The Morgan fingerprint density at radius 2 is 0.780 bits per heavy atom. The van der Waals surface area contributed by atoms with E-state index in [1.807, 2.05) is 0 Å². The Hall–Kier alpha value is -6.22. The molecule has 8 aromatic carbocycles. The van der Waals surface area contributed by atoms with E-state index in [0.29, 0.717) is 0 Å². The fourth-order valence-corrected chi connectivity index (χ4v) is 11.4. The molecule has 0 aliphatic carbocycles. The number of fused-ring (bicyclic) bond motifs is 1. The van der Waals surface area contributed by atoms with Crippen LogP contribution in [-0.2, 0) is 0 Å². The van der Waals surface area contributed by atoms with Gasteiger partial charge >= 0.3 is 0 Å². The SMILES string of the molecule is C(=C\[Si](c1ccccc1)(c1ccccc1)c1ccccc1)/c1ccc(-c2ccc(N(c3ccccc3)c3ccccc3)c3ccccc23)cc1. The summed E-state index contributed by atoms with van der Waals surface area (Å²) in [5.41, 5.74) is 9.55. The largest absolute Gasteiger partial charge is 0.310 e. The lowest BCUT2D eigenvalue weighted by atomic mass is 9.95. The third-order valence-electron chi connectivity index (χ3n) is 9.61. The van der Waals surface area contributed by atoms with Crippen LogP contribution in [0.15, 0.2) is 218 Å². The van der Waals surface area contributed by atoms with Crippen LogP contribution >= 0.6 is 0 Å². The fraction of sp³-hybridized carbons (Fsp3) is 0. The predicted molar refractivity (Wildman–Crippen MR) is 217 cm³/mol. The average molecular weight is 656 g/mol. The van der Waals surface area contributed by atoms with E-state index in [9.17, 15) is 0 Å². The summed E-state index contributed by atoms with van der Waals surface area (Å²) in [5.74, 6) is 0. The van der Waals surface area contributed by atoms with E-state index in [0.717, 1.165) is 17.1 Å². The van der Waals surface area contributed by atoms with Crippen LogP contribution in [0.2, 0.25) is 0 Å². The molecule has 8 rings (SSSR count). The van der Waals surface area contributed by atoms with Gasteiger partial charge in [0.1, 0.15) is 0 Å². The van der Waals surface area contributed by atoms with E-state index in [1.165, 1.54) is 43.0 Å². The number of benzene rings is 8. The maximum Gasteiger partial charge on any atom is 0.172 e. The zero-order chi connectivity index (χ0) is 33.6. The molecule has 50 heavy (non-hydrogen) atoms. The van der Waals surface area contributed by atoms with Crippen LogP contribution in [0.1, 0.15) is 5.56 Å². The van der Waals surface area contributed by atoms with Crippen molar-refractivity contribution in [2.45, 2.75) is 0 Å². The molecule has 0 aromatic heterocycles. The fourth-order valence-electron chi connectivity index (χ4n) is 7.20. The number of para-hydroxylation sites is 2. The summed E-state index contributed by atoms with van der Waals surface area (Å²) >= 11 is 0. The molecule has 0 saturated heterocycles. The molecule has 0 N–H and O–H groups in total. The van der Waals surface area contributed by atoms with Gasteiger partial charge in [0, 0.05) is 16.8 Å². The van der Waals surface area contributed by atoms with Crippen molar-refractivity contribution in [1.29, 1.82) is 0 Å². The monoisotopic (exact) mass is 655 g/mol. The van der Waals surface area contributed by atoms with Crippen LogP contribution in [0.5, 0.6) is 0 Å². The third kappa shape index (κ3) is 5.98. The standard InChI is InChI=1S/C48H37NSi/c1-6-18-40(19-7-1)49(41-20-8-2-9-21-41)48-35-34-45(46-28-16-17-29-47(46)48)39-32-30-38(31-33-39)36-37-50(42-22-10-3-11-23-42,43-24-12-4-13-25-43)44-26-14-5-15-27-44/h1-37H/b37-36+. The normalized spacial score (nSPS) is 11.5. The lowest BCUT2D eigenvalue weighted by molar-refractivity contribution is 1.30. The quantitative estimate of drug-likeness (QED) is 0.110. The molecular weight excluding hydrogens is 619 g/mol. The molecule has 0 amide bonds.